The second kappa shape index (κ2) is 6.85. The molecule has 4 N–H and O–H groups in total. The Hall–Kier alpha value is -1.69. The van der Waals surface area contributed by atoms with Crippen LogP contribution < -0.4 is 11.5 Å². The zero-order valence-electron chi connectivity index (χ0n) is 10.7. The van der Waals surface area contributed by atoms with Gasteiger partial charge in [0.15, 0.2) is 5.96 Å². The molecule has 0 saturated heterocycles. The minimum Gasteiger partial charge on any atom is -0.370 e. The predicted octanol–water partition coefficient (Wildman–Crippen LogP) is 3.83. The first-order valence-corrected chi connectivity index (χ1v) is 7.40. The normalized spacial score (nSPS) is 10.2. The second-order valence-corrected chi connectivity index (χ2v) is 5.91. The Labute approximate surface area is 136 Å². The molecule has 0 aromatic heterocycles. The predicted molar refractivity (Wildman–Crippen MR) is 88.6 cm³/mol. The van der Waals surface area contributed by atoms with E-state index in [9.17, 15) is 4.79 Å². The lowest BCUT2D eigenvalue weighted by atomic mass is 10.2. The largest absolute Gasteiger partial charge is 0.370 e. The first kappa shape index (κ1) is 15.7. The summed E-state index contributed by atoms with van der Waals surface area (Å²) >= 11 is 12.9. The van der Waals surface area contributed by atoms with Crippen LogP contribution in [0.2, 0.25) is 10.0 Å². The first-order valence-electron chi connectivity index (χ1n) is 5.82. The highest BCUT2D eigenvalue weighted by Gasteiger charge is 2.11. The van der Waals surface area contributed by atoms with Crippen LogP contribution in [0.1, 0.15) is 10.4 Å². The molecule has 2 aromatic carbocycles. The summed E-state index contributed by atoms with van der Waals surface area (Å²) in [5, 5.41) is 0.864. The molecule has 0 aliphatic rings. The van der Waals surface area contributed by atoms with Gasteiger partial charge in [-0.3, -0.25) is 4.79 Å². The Bertz CT molecular complexity index is 698. The number of hydrogen-bond acceptors (Lipinski definition) is 3. The maximum absolute atomic E-state index is 12.2. The molecule has 108 valence electrons. The van der Waals surface area contributed by atoms with Crippen LogP contribution in [0.5, 0.6) is 0 Å². The van der Waals surface area contributed by atoms with Gasteiger partial charge in [0.1, 0.15) is 0 Å². The van der Waals surface area contributed by atoms with Gasteiger partial charge in [-0.25, -0.2) is 4.99 Å². The third-order valence-corrected chi connectivity index (χ3v) is 4.11. The van der Waals surface area contributed by atoms with Gasteiger partial charge in [-0.1, -0.05) is 23.2 Å². The van der Waals surface area contributed by atoms with Crippen molar-refractivity contribution >= 4 is 51.7 Å². The van der Waals surface area contributed by atoms with E-state index in [0.717, 1.165) is 11.8 Å². The van der Waals surface area contributed by atoms with Crippen molar-refractivity contribution < 1.29 is 4.79 Å². The van der Waals surface area contributed by atoms with Crippen molar-refractivity contribution in [1.82, 2.24) is 0 Å². The molecule has 0 unspecified atom stereocenters. The smallest absolute Gasteiger partial charge is 0.224 e. The number of thioether (sulfide) groups is 1. The Kier molecular flexibility index (Phi) is 5.12. The van der Waals surface area contributed by atoms with Gasteiger partial charge in [0.2, 0.25) is 5.12 Å². The van der Waals surface area contributed by atoms with E-state index in [1.54, 1.807) is 42.5 Å². The number of rotatable bonds is 3. The molecule has 0 aliphatic carbocycles. The summed E-state index contributed by atoms with van der Waals surface area (Å²) < 4.78 is 0. The summed E-state index contributed by atoms with van der Waals surface area (Å²) in [7, 11) is 0. The summed E-state index contributed by atoms with van der Waals surface area (Å²) in [6.07, 6.45) is 0. The van der Waals surface area contributed by atoms with Crippen LogP contribution in [0.25, 0.3) is 0 Å². The average Bonchev–Trinajstić information content (AvgIpc) is 2.43. The Balaban J connectivity index is 2.17. The fourth-order valence-corrected chi connectivity index (χ4v) is 2.81. The molecule has 4 nitrogen and oxygen atoms in total. The van der Waals surface area contributed by atoms with Crippen molar-refractivity contribution in [3.8, 4) is 0 Å². The number of halogens is 2. The summed E-state index contributed by atoms with van der Waals surface area (Å²) in [4.78, 5) is 16.7. The number of guanidine groups is 1. The van der Waals surface area contributed by atoms with Crippen LogP contribution in [-0.2, 0) is 0 Å². The standard InChI is InChI=1S/C14H11Cl2N3OS/c15-9-3-6-11(16)12(7-9)21-13(20)8-1-4-10(5-2-8)19-14(17)18/h1-7H,(H4,17,18,19). The molecule has 7 heteroatoms. The monoisotopic (exact) mass is 339 g/mol. The topological polar surface area (TPSA) is 81.5 Å². The molecule has 0 bridgehead atoms. The van der Waals surface area contributed by atoms with E-state index < -0.39 is 0 Å². The van der Waals surface area contributed by atoms with Crippen molar-refractivity contribution in [3.63, 3.8) is 0 Å². The summed E-state index contributed by atoms with van der Waals surface area (Å²) in [6.45, 7) is 0. The molecule has 0 radical (unpaired) electrons. The Morgan fingerprint density at radius 3 is 2.33 bits per heavy atom. The van der Waals surface area contributed by atoms with Gasteiger partial charge >= 0.3 is 0 Å². The molecule has 0 spiro atoms. The summed E-state index contributed by atoms with van der Waals surface area (Å²) in [6, 6.07) is 11.6. The third-order valence-electron chi connectivity index (χ3n) is 2.46. The van der Waals surface area contributed by atoms with E-state index in [1.165, 1.54) is 0 Å². The van der Waals surface area contributed by atoms with E-state index >= 15 is 0 Å². The van der Waals surface area contributed by atoms with E-state index in [0.29, 0.717) is 26.2 Å². The molecule has 0 aliphatic heterocycles. The maximum Gasteiger partial charge on any atom is 0.224 e. The van der Waals surface area contributed by atoms with Gasteiger partial charge < -0.3 is 11.5 Å². The van der Waals surface area contributed by atoms with Crippen LogP contribution in [0.3, 0.4) is 0 Å². The van der Waals surface area contributed by atoms with Crippen LogP contribution in [-0.4, -0.2) is 11.1 Å². The minimum atomic E-state index is -0.143. The van der Waals surface area contributed by atoms with Crippen molar-refractivity contribution in [3.05, 3.63) is 58.1 Å². The van der Waals surface area contributed by atoms with E-state index in [-0.39, 0.29) is 11.1 Å². The van der Waals surface area contributed by atoms with Gasteiger partial charge in [-0.05, 0) is 54.2 Å². The highest BCUT2D eigenvalue weighted by Crippen LogP contribution is 2.32. The maximum atomic E-state index is 12.2. The van der Waals surface area contributed by atoms with E-state index in [1.807, 2.05) is 0 Å². The zero-order chi connectivity index (χ0) is 15.4. The third kappa shape index (κ3) is 4.39. The number of hydrogen-bond donors (Lipinski definition) is 2. The zero-order valence-corrected chi connectivity index (χ0v) is 13.0. The van der Waals surface area contributed by atoms with Gasteiger partial charge in [0.25, 0.3) is 0 Å². The molecule has 0 saturated carbocycles. The average molecular weight is 340 g/mol. The van der Waals surface area contributed by atoms with Crippen molar-refractivity contribution in [1.29, 1.82) is 0 Å². The molecular formula is C14H11Cl2N3OS. The van der Waals surface area contributed by atoms with E-state index in [2.05, 4.69) is 4.99 Å². The lowest BCUT2D eigenvalue weighted by molar-refractivity contribution is 0.108. The van der Waals surface area contributed by atoms with E-state index in [4.69, 9.17) is 34.7 Å². The molecule has 0 atom stereocenters. The summed E-state index contributed by atoms with van der Waals surface area (Å²) in [5.74, 6) is -0.0332. The second-order valence-electron chi connectivity index (χ2n) is 4.05. The van der Waals surface area contributed by atoms with Gasteiger partial charge in [0.05, 0.1) is 10.7 Å². The van der Waals surface area contributed by atoms with Gasteiger partial charge in [-0.15, -0.1) is 0 Å². The first-order chi connectivity index (χ1) is 9.95. The Morgan fingerprint density at radius 2 is 1.71 bits per heavy atom. The fourth-order valence-electron chi connectivity index (χ4n) is 1.54. The number of nitrogens with zero attached hydrogens (tertiary/aromatic N) is 1. The van der Waals surface area contributed by atoms with Gasteiger partial charge in [-0.2, -0.15) is 0 Å². The lowest BCUT2D eigenvalue weighted by Gasteiger charge is -2.04. The van der Waals surface area contributed by atoms with Crippen molar-refractivity contribution in [2.75, 3.05) is 0 Å². The number of carbonyl (C=O) groups excluding carboxylic acids is 1. The highest BCUT2D eigenvalue weighted by molar-refractivity contribution is 8.14. The molecule has 2 aromatic rings. The SMILES string of the molecule is NC(N)=Nc1ccc(C(=O)Sc2cc(Cl)ccc2Cl)cc1. The summed E-state index contributed by atoms with van der Waals surface area (Å²) in [5.41, 5.74) is 11.7. The molecule has 2 rings (SSSR count). The highest BCUT2D eigenvalue weighted by atomic mass is 35.5. The Morgan fingerprint density at radius 1 is 1.05 bits per heavy atom. The number of carbonyl (C=O) groups is 1. The number of aliphatic imine (C=N–C) groups is 1. The molecule has 0 fully saturated rings. The van der Waals surface area contributed by atoms with Crippen molar-refractivity contribution in [2.24, 2.45) is 16.5 Å². The van der Waals surface area contributed by atoms with Crippen LogP contribution >= 0.6 is 35.0 Å². The quantitative estimate of drug-likeness (QED) is 0.505. The molecule has 0 amide bonds. The molecular weight excluding hydrogens is 329 g/mol. The van der Waals surface area contributed by atoms with Gasteiger partial charge in [0, 0.05) is 15.5 Å². The fraction of sp³-hybridized carbons (Fsp3) is 0. The van der Waals surface area contributed by atoms with Crippen molar-refractivity contribution in [2.45, 2.75) is 4.90 Å². The van der Waals surface area contributed by atoms with Crippen LogP contribution in [0.15, 0.2) is 52.4 Å². The number of benzene rings is 2. The minimum absolute atomic E-state index is 0.0332. The van der Waals surface area contributed by atoms with Crippen LogP contribution in [0, 0.1) is 0 Å². The molecule has 0 heterocycles. The number of nitrogens with two attached hydrogens (primary N) is 2. The lowest BCUT2D eigenvalue weighted by Crippen LogP contribution is -2.21. The van der Waals surface area contributed by atoms with Crippen LogP contribution in [0.4, 0.5) is 5.69 Å². The molecule has 21 heavy (non-hydrogen) atoms.